The zero-order valence-electron chi connectivity index (χ0n) is 8.32. The monoisotopic (exact) mass is 207 g/mol. The molecule has 0 radical (unpaired) electrons. The summed E-state index contributed by atoms with van der Waals surface area (Å²) in [6.45, 7) is 1.69. The molecule has 80 valence electrons. The van der Waals surface area contributed by atoms with Gasteiger partial charge in [0.05, 0.1) is 6.04 Å². The van der Waals surface area contributed by atoms with Gasteiger partial charge in [-0.05, 0) is 12.8 Å². The molecule has 5 nitrogen and oxygen atoms in total. The third-order valence-electron chi connectivity index (χ3n) is 2.86. The maximum absolute atomic E-state index is 11.6. The maximum atomic E-state index is 11.6. The fourth-order valence-electron chi connectivity index (χ4n) is 1.61. The van der Waals surface area contributed by atoms with Gasteiger partial charge in [0.2, 0.25) is 0 Å². The number of carbonyl (C=O) groups is 1. The molecule has 1 saturated carbocycles. The second-order valence-electron chi connectivity index (χ2n) is 4.22. The van der Waals surface area contributed by atoms with E-state index in [9.17, 15) is 4.79 Å². The molecule has 2 heterocycles. The molecule has 1 aliphatic heterocycles. The number of carbonyl (C=O) groups excluding carboxylic acids is 1. The first-order valence-corrected chi connectivity index (χ1v) is 5.31. The molecule has 2 aliphatic rings. The Morgan fingerprint density at radius 3 is 2.93 bits per heavy atom. The first-order valence-electron chi connectivity index (χ1n) is 5.31. The highest BCUT2D eigenvalue weighted by Gasteiger charge is 2.29. The lowest BCUT2D eigenvalue weighted by Gasteiger charge is -2.27. The summed E-state index contributed by atoms with van der Waals surface area (Å²) in [5.74, 6) is 1.23. The minimum atomic E-state index is -0.128. The van der Waals surface area contributed by atoms with E-state index in [0.29, 0.717) is 11.6 Å². The molecule has 5 heteroatoms. The zero-order valence-corrected chi connectivity index (χ0v) is 8.32. The first kappa shape index (κ1) is 8.91. The summed E-state index contributed by atoms with van der Waals surface area (Å²) < 4.78 is 5.12. The second-order valence-corrected chi connectivity index (χ2v) is 4.22. The van der Waals surface area contributed by atoms with Crippen molar-refractivity contribution in [1.82, 2.24) is 15.8 Å². The molecule has 3 rings (SSSR count). The number of hydrogen-bond acceptors (Lipinski definition) is 4. The fourth-order valence-corrected chi connectivity index (χ4v) is 1.61. The highest BCUT2D eigenvalue weighted by molar-refractivity contribution is 5.92. The van der Waals surface area contributed by atoms with Gasteiger partial charge in [-0.3, -0.25) is 4.79 Å². The summed E-state index contributed by atoms with van der Waals surface area (Å²) in [4.78, 5) is 11.6. The van der Waals surface area contributed by atoms with Crippen LogP contribution in [0.2, 0.25) is 0 Å². The Bertz CT molecular complexity index is 380. The van der Waals surface area contributed by atoms with Crippen molar-refractivity contribution >= 4 is 5.91 Å². The van der Waals surface area contributed by atoms with Crippen LogP contribution in [0, 0.1) is 0 Å². The van der Waals surface area contributed by atoms with Crippen molar-refractivity contribution in [2.45, 2.75) is 24.8 Å². The zero-order chi connectivity index (χ0) is 10.3. The molecule has 1 aliphatic carbocycles. The second kappa shape index (κ2) is 3.34. The molecule has 0 aromatic carbocycles. The summed E-state index contributed by atoms with van der Waals surface area (Å²) >= 11 is 0. The Labute approximate surface area is 87.2 Å². The fraction of sp³-hybridized carbons (Fsp3) is 0.600. The van der Waals surface area contributed by atoms with Crippen LogP contribution in [-0.4, -0.2) is 30.2 Å². The molecular formula is C10H13N3O2. The number of amides is 1. The minimum absolute atomic E-state index is 0.128. The van der Waals surface area contributed by atoms with E-state index >= 15 is 0 Å². The third kappa shape index (κ3) is 1.74. The summed E-state index contributed by atoms with van der Waals surface area (Å²) in [7, 11) is 0. The lowest BCUT2D eigenvalue weighted by atomic mass is 10.2. The first-order chi connectivity index (χ1) is 7.33. The molecular weight excluding hydrogens is 194 g/mol. The normalized spacial score (nSPS) is 21.1. The molecule has 1 aromatic rings. The smallest absolute Gasteiger partial charge is 0.273 e. The van der Waals surface area contributed by atoms with E-state index in [1.165, 1.54) is 0 Å². The van der Waals surface area contributed by atoms with Crippen molar-refractivity contribution in [3.05, 3.63) is 17.5 Å². The van der Waals surface area contributed by atoms with Crippen molar-refractivity contribution in [3.8, 4) is 0 Å². The van der Waals surface area contributed by atoms with Gasteiger partial charge in [0.25, 0.3) is 5.91 Å². The summed E-state index contributed by atoms with van der Waals surface area (Å²) in [5.41, 5.74) is 0.406. The maximum Gasteiger partial charge on any atom is 0.273 e. The average molecular weight is 207 g/mol. The summed E-state index contributed by atoms with van der Waals surface area (Å²) in [6.07, 6.45) is 2.31. The Morgan fingerprint density at radius 2 is 2.33 bits per heavy atom. The number of nitrogens with one attached hydrogen (secondary N) is 2. The molecule has 0 unspecified atom stereocenters. The van der Waals surface area contributed by atoms with E-state index in [1.807, 2.05) is 0 Å². The van der Waals surface area contributed by atoms with E-state index in [4.69, 9.17) is 4.52 Å². The van der Waals surface area contributed by atoms with Crippen molar-refractivity contribution in [2.24, 2.45) is 0 Å². The molecule has 1 amide bonds. The molecule has 1 aromatic heterocycles. The van der Waals surface area contributed by atoms with Crippen molar-refractivity contribution < 1.29 is 9.32 Å². The lowest BCUT2D eigenvalue weighted by Crippen LogP contribution is -2.56. The highest BCUT2D eigenvalue weighted by atomic mass is 16.5. The van der Waals surface area contributed by atoms with E-state index in [0.717, 1.165) is 31.7 Å². The van der Waals surface area contributed by atoms with Gasteiger partial charge in [-0.2, -0.15) is 0 Å². The molecule has 0 bridgehead atoms. The average Bonchev–Trinajstić information content (AvgIpc) is 2.90. The van der Waals surface area contributed by atoms with Gasteiger partial charge in [-0.15, -0.1) is 0 Å². The quantitative estimate of drug-likeness (QED) is 0.745. The van der Waals surface area contributed by atoms with Crippen LogP contribution in [0.3, 0.4) is 0 Å². The lowest BCUT2D eigenvalue weighted by molar-refractivity contribution is 0.0914. The molecule has 0 spiro atoms. The van der Waals surface area contributed by atoms with Crippen LogP contribution in [0.25, 0.3) is 0 Å². The van der Waals surface area contributed by atoms with Crippen LogP contribution in [0.1, 0.15) is 35.0 Å². The van der Waals surface area contributed by atoms with E-state index in [-0.39, 0.29) is 11.9 Å². The summed E-state index contributed by atoms with van der Waals surface area (Å²) in [6, 6.07) is 2.01. The van der Waals surface area contributed by atoms with Crippen LogP contribution < -0.4 is 10.6 Å². The van der Waals surface area contributed by atoms with Crippen molar-refractivity contribution in [3.63, 3.8) is 0 Å². The predicted octanol–water partition coefficient (Wildman–Crippen LogP) is 0.254. The Hall–Kier alpha value is -1.36. The van der Waals surface area contributed by atoms with Gasteiger partial charge in [0.15, 0.2) is 5.69 Å². The Balaban J connectivity index is 1.65. The molecule has 15 heavy (non-hydrogen) atoms. The molecule has 1 saturated heterocycles. The van der Waals surface area contributed by atoms with E-state index in [1.54, 1.807) is 6.07 Å². The number of rotatable bonds is 3. The largest absolute Gasteiger partial charge is 0.360 e. The van der Waals surface area contributed by atoms with Crippen LogP contribution in [0.15, 0.2) is 10.6 Å². The summed E-state index contributed by atoms with van der Waals surface area (Å²) in [5, 5.41) is 9.76. The predicted molar refractivity (Wildman–Crippen MR) is 52.6 cm³/mol. The number of hydrogen-bond donors (Lipinski definition) is 2. The number of aromatic nitrogens is 1. The van der Waals surface area contributed by atoms with Crippen LogP contribution in [-0.2, 0) is 0 Å². The van der Waals surface area contributed by atoms with Gasteiger partial charge in [-0.25, -0.2) is 0 Å². The Morgan fingerprint density at radius 1 is 1.53 bits per heavy atom. The minimum Gasteiger partial charge on any atom is -0.360 e. The SMILES string of the molecule is O=C(NC1CNC1)c1cc(C2CC2)on1. The van der Waals surface area contributed by atoms with E-state index in [2.05, 4.69) is 15.8 Å². The van der Waals surface area contributed by atoms with Crippen molar-refractivity contribution in [1.29, 1.82) is 0 Å². The molecule has 0 atom stereocenters. The molecule has 2 N–H and O–H groups in total. The van der Waals surface area contributed by atoms with Crippen LogP contribution in [0.5, 0.6) is 0 Å². The highest BCUT2D eigenvalue weighted by Crippen LogP contribution is 2.40. The van der Waals surface area contributed by atoms with Gasteiger partial charge in [0, 0.05) is 25.1 Å². The topological polar surface area (TPSA) is 67.2 Å². The standard InChI is InChI=1S/C10H13N3O2/c14-10(12-7-4-11-5-7)8-3-9(15-13-8)6-1-2-6/h3,6-7,11H,1-2,4-5H2,(H,12,14). The molecule has 2 fully saturated rings. The van der Waals surface area contributed by atoms with Gasteiger partial charge < -0.3 is 15.2 Å². The van der Waals surface area contributed by atoms with Crippen molar-refractivity contribution in [2.75, 3.05) is 13.1 Å². The van der Waals surface area contributed by atoms with Gasteiger partial charge in [-0.1, -0.05) is 5.16 Å². The van der Waals surface area contributed by atoms with Crippen LogP contribution >= 0.6 is 0 Å². The third-order valence-corrected chi connectivity index (χ3v) is 2.86. The van der Waals surface area contributed by atoms with Crippen LogP contribution in [0.4, 0.5) is 0 Å². The van der Waals surface area contributed by atoms with E-state index < -0.39 is 0 Å². The Kier molecular flexibility index (Phi) is 1.98. The number of nitrogens with zero attached hydrogens (tertiary/aromatic N) is 1. The van der Waals surface area contributed by atoms with Gasteiger partial charge in [0.1, 0.15) is 5.76 Å². The van der Waals surface area contributed by atoms with Gasteiger partial charge >= 0.3 is 0 Å².